The summed E-state index contributed by atoms with van der Waals surface area (Å²) in [5, 5.41) is 2.08. The van der Waals surface area contributed by atoms with E-state index >= 15 is 0 Å². The molecule has 0 aliphatic carbocycles. The van der Waals surface area contributed by atoms with Crippen molar-refractivity contribution >= 4 is 17.8 Å². The maximum Gasteiger partial charge on any atom is 0.310 e. The Morgan fingerprint density at radius 1 is 1.18 bits per heavy atom. The topological polar surface area (TPSA) is 72.5 Å². The van der Waals surface area contributed by atoms with E-state index in [0.717, 1.165) is 24.5 Å². The van der Waals surface area contributed by atoms with Gasteiger partial charge >= 0.3 is 5.97 Å². The number of ether oxygens (including phenoxy) is 1. The highest BCUT2D eigenvalue weighted by atomic mass is 16.5. The van der Waals surface area contributed by atoms with Crippen molar-refractivity contribution in [2.24, 2.45) is 0 Å². The number of allylic oxidation sites excluding steroid dienone is 1. The molecule has 2 amide bonds. The highest BCUT2D eigenvalue weighted by molar-refractivity contribution is 6.17. The molecule has 0 unspecified atom stereocenters. The van der Waals surface area contributed by atoms with Gasteiger partial charge in [-0.3, -0.25) is 19.7 Å². The average molecular weight is 299 g/mol. The molecule has 114 valence electrons. The van der Waals surface area contributed by atoms with E-state index in [1.54, 1.807) is 0 Å². The highest BCUT2D eigenvalue weighted by Gasteiger charge is 2.23. The molecule has 2 rings (SSSR count). The van der Waals surface area contributed by atoms with E-state index in [-0.39, 0.29) is 18.6 Å². The standard InChI is InChI=1S/C17H17NO4/c1-2-3-4-12-5-7-13(8-6-12)11-22-16(20)10-14-9-15(19)18-17(14)21/h2,5-9H,1,3-4,10-11H2,(H,18,19,21). The van der Waals surface area contributed by atoms with E-state index in [1.807, 2.05) is 30.3 Å². The van der Waals surface area contributed by atoms with Crippen LogP contribution in [0.2, 0.25) is 0 Å². The summed E-state index contributed by atoms with van der Waals surface area (Å²) >= 11 is 0. The molecule has 1 aromatic rings. The quantitative estimate of drug-likeness (QED) is 0.473. The van der Waals surface area contributed by atoms with Gasteiger partial charge in [-0.25, -0.2) is 0 Å². The summed E-state index contributed by atoms with van der Waals surface area (Å²) in [6, 6.07) is 7.77. The third-order valence-corrected chi connectivity index (χ3v) is 3.23. The minimum absolute atomic E-state index is 0.134. The van der Waals surface area contributed by atoms with Crippen LogP contribution in [0, 0.1) is 0 Å². The van der Waals surface area contributed by atoms with E-state index in [2.05, 4.69) is 11.9 Å². The fourth-order valence-corrected chi connectivity index (χ4v) is 2.02. The highest BCUT2D eigenvalue weighted by Crippen LogP contribution is 2.11. The number of aryl methyl sites for hydroxylation is 1. The third kappa shape index (κ3) is 4.41. The zero-order chi connectivity index (χ0) is 15.9. The summed E-state index contributed by atoms with van der Waals surface area (Å²) in [5.74, 6) is -1.57. The summed E-state index contributed by atoms with van der Waals surface area (Å²) in [5.41, 5.74) is 2.20. The lowest BCUT2D eigenvalue weighted by molar-refractivity contribution is -0.144. The van der Waals surface area contributed by atoms with Crippen molar-refractivity contribution in [3.8, 4) is 0 Å². The Morgan fingerprint density at radius 2 is 1.86 bits per heavy atom. The normalized spacial score (nSPS) is 13.5. The first-order chi connectivity index (χ1) is 10.6. The molecule has 5 nitrogen and oxygen atoms in total. The molecule has 1 aromatic carbocycles. The van der Waals surface area contributed by atoms with E-state index < -0.39 is 17.8 Å². The number of nitrogens with one attached hydrogen (secondary N) is 1. The van der Waals surface area contributed by atoms with Crippen molar-refractivity contribution in [3.05, 3.63) is 59.7 Å². The summed E-state index contributed by atoms with van der Waals surface area (Å²) in [4.78, 5) is 33.9. The Bertz CT molecular complexity index is 629. The summed E-state index contributed by atoms with van der Waals surface area (Å²) in [7, 11) is 0. The molecule has 1 heterocycles. The number of hydrogen-bond acceptors (Lipinski definition) is 4. The number of benzene rings is 1. The van der Waals surface area contributed by atoms with Crippen LogP contribution in [0.15, 0.2) is 48.6 Å². The molecule has 0 saturated carbocycles. The van der Waals surface area contributed by atoms with Crippen molar-refractivity contribution in [2.45, 2.75) is 25.9 Å². The Hall–Kier alpha value is -2.69. The van der Waals surface area contributed by atoms with Gasteiger partial charge in [-0.2, -0.15) is 0 Å². The predicted octanol–water partition coefficient (Wildman–Crippen LogP) is 1.82. The number of carbonyl (C=O) groups excluding carboxylic acids is 3. The maximum atomic E-state index is 11.7. The van der Waals surface area contributed by atoms with Crippen LogP contribution in [-0.2, 0) is 32.1 Å². The van der Waals surface area contributed by atoms with Gasteiger partial charge in [0, 0.05) is 11.6 Å². The molecule has 5 heteroatoms. The lowest BCUT2D eigenvalue weighted by Gasteiger charge is -2.06. The molecule has 1 N–H and O–H groups in total. The van der Waals surface area contributed by atoms with Gasteiger partial charge in [-0.1, -0.05) is 30.3 Å². The molecule has 0 fully saturated rings. The van der Waals surface area contributed by atoms with Crippen molar-refractivity contribution < 1.29 is 19.1 Å². The monoisotopic (exact) mass is 299 g/mol. The molecule has 0 saturated heterocycles. The van der Waals surface area contributed by atoms with Crippen LogP contribution in [-0.4, -0.2) is 17.8 Å². The Kier molecular flexibility index (Phi) is 5.25. The molecule has 22 heavy (non-hydrogen) atoms. The second-order valence-corrected chi connectivity index (χ2v) is 4.97. The van der Waals surface area contributed by atoms with Crippen LogP contribution >= 0.6 is 0 Å². The van der Waals surface area contributed by atoms with Crippen LogP contribution in [0.1, 0.15) is 24.0 Å². The van der Waals surface area contributed by atoms with E-state index in [1.165, 1.54) is 5.56 Å². The van der Waals surface area contributed by atoms with E-state index in [0.29, 0.717) is 0 Å². The van der Waals surface area contributed by atoms with Gasteiger partial charge in [0.1, 0.15) is 6.61 Å². The lowest BCUT2D eigenvalue weighted by atomic mass is 10.1. The average Bonchev–Trinajstić information content (AvgIpc) is 2.81. The lowest BCUT2D eigenvalue weighted by Crippen LogP contribution is -2.23. The molecule has 1 aliphatic rings. The molecule has 0 spiro atoms. The fraction of sp³-hybridized carbons (Fsp3) is 0.235. The van der Waals surface area contributed by atoms with Gasteiger partial charge in [0.15, 0.2) is 0 Å². The van der Waals surface area contributed by atoms with Gasteiger partial charge in [0.05, 0.1) is 6.42 Å². The molecule has 0 aromatic heterocycles. The summed E-state index contributed by atoms with van der Waals surface area (Å²) in [6.07, 6.45) is 4.65. The fourth-order valence-electron chi connectivity index (χ4n) is 2.02. The second-order valence-electron chi connectivity index (χ2n) is 4.97. The molecular weight excluding hydrogens is 282 g/mol. The zero-order valence-electron chi connectivity index (χ0n) is 12.1. The SMILES string of the molecule is C=CCCc1ccc(COC(=O)CC2=CC(=O)NC2=O)cc1. The Morgan fingerprint density at radius 3 is 2.45 bits per heavy atom. The number of rotatable bonds is 7. The summed E-state index contributed by atoms with van der Waals surface area (Å²) in [6.45, 7) is 3.82. The van der Waals surface area contributed by atoms with Crippen LogP contribution in [0.3, 0.4) is 0 Å². The number of hydrogen-bond donors (Lipinski definition) is 1. The molecule has 0 radical (unpaired) electrons. The van der Waals surface area contributed by atoms with Gasteiger partial charge in [-0.05, 0) is 24.0 Å². The van der Waals surface area contributed by atoms with Crippen molar-refractivity contribution in [3.63, 3.8) is 0 Å². The Balaban J connectivity index is 1.81. The molecule has 0 atom stereocenters. The largest absolute Gasteiger partial charge is 0.461 e. The van der Waals surface area contributed by atoms with Gasteiger partial charge in [0.2, 0.25) is 0 Å². The van der Waals surface area contributed by atoms with E-state index in [4.69, 9.17) is 4.74 Å². The van der Waals surface area contributed by atoms with Crippen LogP contribution in [0.4, 0.5) is 0 Å². The first-order valence-electron chi connectivity index (χ1n) is 6.98. The first-order valence-corrected chi connectivity index (χ1v) is 6.98. The minimum Gasteiger partial charge on any atom is -0.461 e. The van der Waals surface area contributed by atoms with Crippen LogP contribution in [0.25, 0.3) is 0 Å². The second kappa shape index (κ2) is 7.36. The number of esters is 1. The van der Waals surface area contributed by atoms with Crippen molar-refractivity contribution in [2.75, 3.05) is 0 Å². The summed E-state index contributed by atoms with van der Waals surface area (Å²) < 4.78 is 5.11. The molecule has 1 aliphatic heterocycles. The number of imide groups is 1. The van der Waals surface area contributed by atoms with Gasteiger partial charge in [-0.15, -0.1) is 6.58 Å². The van der Waals surface area contributed by atoms with Crippen molar-refractivity contribution in [1.29, 1.82) is 0 Å². The number of carbonyl (C=O) groups is 3. The third-order valence-electron chi connectivity index (χ3n) is 3.23. The van der Waals surface area contributed by atoms with Gasteiger partial charge in [0.25, 0.3) is 11.8 Å². The zero-order valence-corrected chi connectivity index (χ0v) is 12.1. The van der Waals surface area contributed by atoms with Crippen LogP contribution < -0.4 is 5.32 Å². The molecular formula is C17H17NO4. The number of amides is 2. The molecule has 0 bridgehead atoms. The maximum absolute atomic E-state index is 11.7. The van der Waals surface area contributed by atoms with Gasteiger partial charge < -0.3 is 4.74 Å². The van der Waals surface area contributed by atoms with Crippen LogP contribution in [0.5, 0.6) is 0 Å². The smallest absolute Gasteiger partial charge is 0.310 e. The Labute approximate surface area is 128 Å². The first kappa shape index (κ1) is 15.7. The minimum atomic E-state index is -0.535. The predicted molar refractivity (Wildman–Crippen MR) is 80.6 cm³/mol. The van der Waals surface area contributed by atoms with E-state index in [9.17, 15) is 14.4 Å². The van der Waals surface area contributed by atoms with Crippen molar-refractivity contribution in [1.82, 2.24) is 5.32 Å².